The SMILES string of the molecule is [B]C1=C([B])C([B])c2c1c(-c1ccc3c4c(cccc14)-c1ccccc1-3)c(=[B])/c(=C([B])\C([B])=C(\[B])C)c2C. The molecule has 4 aromatic rings. The number of hydrogen-bond donors (Lipinski definition) is 0. The van der Waals surface area contributed by atoms with E-state index in [9.17, 15) is 0 Å². The Bertz CT molecular complexity index is 1850. The van der Waals surface area contributed by atoms with Gasteiger partial charge in [-0.2, -0.15) is 0 Å². The van der Waals surface area contributed by atoms with Gasteiger partial charge in [0.15, 0.2) is 0 Å². The van der Waals surface area contributed by atoms with Crippen LogP contribution >= 0.6 is 0 Å². The molecule has 157 valence electrons. The van der Waals surface area contributed by atoms with Crippen LogP contribution in [0.15, 0.2) is 71.0 Å². The van der Waals surface area contributed by atoms with E-state index in [4.69, 9.17) is 54.6 Å². The maximum atomic E-state index is 6.97. The van der Waals surface area contributed by atoms with Crippen LogP contribution < -0.4 is 5.22 Å². The molecule has 0 amide bonds. The van der Waals surface area contributed by atoms with Crippen LogP contribution in [0.25, 0.3) is 55.1 Å². The maximum absolute atomic E-state index is 6.97. The topological polar surface area (TPSA) is 0 Å². The van der Waals surface area contributed by atoms with Crippen molar-refractivity contribution in [3.05, 3.63) is 98.0 Å². The Morgan fingerprint density at radius 1 is 0.757 bits per heavy atom. The molecule has 0 heterocycles. The van der Waals surface area contributed by atoms with Gasteiger partial charge in [-0.05, 0) is 0 Å². The quantitative estimate of drug-likeness (QED) is 0.356. The average Bonchev–Trinajstić information content (AvgIpc) is 3.33. The molecule has 0 saturated carbocycles. The normalized spacial score (nSPS) is 17.1. The molecule has 1 unspecified atom stereocenters. The summed E-state index contributed by atoms with van der Waals surface area (Å²) in [5.74, 6) is -0.592. The fourth-order valence-corrected chi connectivity index (χ4v) is 6.05. The standard InChI is InChI=1S/C30H16B7/c1-12-20-24(29(36)30(37)27(20)34)23(26(33)21(12)28(35)25(32)13(2)31)19-11-10-18-15-7-4-3-6-14(15)16-8-5-9-17(19)22(16)18/h3-11,27H,1-2H3/b25-13-,28-21+. The molecule has 0 N–H and O–H groups in total. The molecule has 4 aromatic carbocycles. The van der Waals surface area contributed by atoms with Gasteiger partial charge in [-0.25, -0.2) is 0 Å². The zero-order valence-electron chi connectivity index (χ0n) is 20.8. The Morgan fingerprint density at radius 3 is 2.00 bits per heavy atom. The summed E-state index contributed by atoms with van der Waals surface area (Å²) in [6.07, 6.45) is 0. The van der Waals surface area contributed by atoms with E-state index in [0.717, 1.165) is 33.2 Å². The summed E-state index contributed by atoms with van der Waals surface area (Å²) in [5, 5.41) is 3.28. The molecule has 0 bridgehead atoms. The third-order valence-corrected chi connectivity index (χ3v) is 7.87. The summed E-state index contributed by atoms with van der Waals surface area (Å²) >= 11 is 0. The zero-order valence-corrected chi connectivity index (χ0v) is 20.8. The molecule has 2 aliphatic carbocycles. The van der Waals surface area contributed by atoms with Crippen LogP contribution in [-0.2, 0) is 0 Å². The van der Waals surface area contributed by atoms with Crippen LogP contribution in [0.3, 0.4) is 0 Å². The number of hydrogen-bond acceptors (Lipinski definition) is 0. The molecular weight excluding hydrogens is 436 g/mol. The second kappa shape index (κ2) is 8.49. The van der Waals surface area contributed by atoms with E-state index in [1.54, 1.807) is 6.92 Å². The second-order valence-electron chi connectivity index (χ2n) is 9.87. The number of rotatable bonds is 2. The zero-order chi connectivity index (χ0) is 26.3. The van der Waals surface area contributed by atoms with Crippen molar-refractivity contribution in [1.29, 1.82) is 0 Å². The first kappa shape index (κ1) is 24.3. The van der Waals surface area contributed by atoms with Crippen molar-refractivity contribution in [3.63, 3.8) is 0 Å². The summed E-state index contributed by atoms with van der Waals surface area (Å²) in [6.45, 7) is 3.61. The second-order valence-corrected chi connectivity index (χ2v) is 9.87. The van der Waals surface area contributed by atoms with E-state index in [1.165, 1.54) is 27.6 Å². The molecule has 13 radical (unpaired) electrons. The monoisotopic (exact) mass is 453 g/mol. The van der Waals surface area contributed by atoms with Gasteiger partial charge in [-0.15, -0.1) is 0 Å². The molecule has 1 atom stereocenters. The van der Waals surface area contributed by atoms with Gasteiger partial charge < -0.3 is 0 Å². The summed E-state index contributed by atoms with van der Waals surface area (Å²) in [7, 11) is 45.4. The van der Waals surface area contributed by atoms with Crippen LogP contribution in [0.2, 0.25) is 0 Å². The van der Waals surface area contributed by atoms with Crippen molar-refractivity contribution in [3.8, 4) is 33.4 Å². The van der Waals surface area contributed by atoms with Crippen molar-refractivity contribution in [2.24, 2.45) is 0 Å². The molecule has 0 spiro atoms. The summed E-state index contributed by atoms with van der Waals surface area (Å²) in [4.78, 5) is 0. The van der Waals surface area contributed by atoms with Gasteiger partial charge in [-0.1, -0.05) is 0 Å². The van der Waals surface area contributed by atoms with E-state index in [1.807, 2.05) is 6.92 Å². The van der Waals surface area contributed by atoms with Crippen LogP contribution in [-0.4, -0.2) is 54.6 Å². The molecule has 0 aliphatic heterocycles. The van der Waals surface area contributed by atoms with Crippen molar-refractivity contribution in [1.82, 2.24) is 0 Å². The Labute approximate surface area is 226 Å². The Morgan fingerprint density at radius 2 is 1.35 bits per heavy atom. The van der Waals surface area contributed by atoms with Crippen LogP contribution in [0.1, 0.15) is 29.4 Å². The van der Waals surface area contributed by atoms with Gasteiger partial charge in [0.2, 0.25) is 0 Å². The van der Waals surface area contributed by atoms with E-state index in [0.29, 0.717) is 32.2 Å². The Hall–Kier alpha value is -3.06. The first-order valence-electron chi connectivity index (χ1n) is 12.1. The van der Waals surface area contributed by atoms with Gasteiger partial charge in [0.1, 0.15) is 0 Å². The fraction of sp³-hybridized carbons (Fsp3) is 0.100. The van der Waals surface area contributed by atoms with Gasteiger partial charge in [0, 0.05) is 0 Å². The molecule has 7 heteroatoms. The predicted octanol–water partition coefficient (Wildman–Crippen LogP) is 3.96. The van der Waals surface area contributed by atoms with Crippen molar-refractivity contribution in [2.75, 3.05) is 0 Å². The first-order chi connectivity index (χ1) is 17.6. The van der Waals surface area contributed by atoms with Crippen LogP contribution in [0.5, 0.6) is 0 Å². The van der Waals surface area contributed by atoms with E-state index < -0.39 is 5.82 Å². The molecule has 0 nitrogen and oxygen atoms in total. The molecule has 0 aromatic heterocycles. The van der Waals surface area contributed by atoms with Crippen LogP contribution in [0.4, 0.5) is 0 Å². The fourth-order valence-electron chi connectivity index (χ4n) is 6.05. The number of allylic oxidation sites excluding steroid dienone is 3. The Kier molecular flexibility index (Phi) is 5.57. The van der Waals surface area contributed by atoms with Crippen LogP contribution in [0, 0.1) is 12.0 Å². The molecule has 2 aliphatic rings. The van der Waals surface area contributed by atoms with Gasteiger partial charge >= 0.3 is 227 Å². The minimum absolute atomic E-state index is 0.275. The third-order valence-electron chi connectivity index (χ3n) is 7.87. The number of fused-ring (bicyclic) bond motifs is 4. The van der Waals surface area contributed by atoms with Gasteiger partial charge in [0.05, 0.1) is 0 Å². The Balaban J connectivity index is 1.82. The number of benzene rings is 4. The molecular formula is C30H16B7. The molecule has 0 saturated heterocycles. The third kappa shape index (κ3) is 3.22. The van der Waals surface area contributed by atoms with Gasteiger partial charge in [0.25, 0.3) is 0 Å². The molecule has 6 rings (SSSR count). The summed E-state index contributed by atoms with van der Waals surface area (Å²) in [5.41, 5.74) is 10.6. The minimum atomic E-state index is -0.592. The molecule has 37 heavy (non-hydrogen) atoms. The average molecular weight is 452 g/mol. The first-order valence-corrected chi connectivity index (χ1v) is 12.1. The van der Waals surface area contributed by atoms with E-state index in [-0.39, 0.29) is 5.47 Å². The van der Waals surface area contributed by atoms with E-state index in [2.05, 4.69) is 54.6 Å². The summed E-state index contributed by atoms with van der Waals surface area (Å²) in [6, 6.07) is 19.0. The van der Waals surface area contributed by atoms with Gasteiger partial charge in [-0.3, -0.25) is 0 Å². The molecule has 0 fully saturated rings. The van der Waals surface area contributed by atoms with Crippen molar-refractivity contribution in [2.45, 2.75) is 19.7 Å². The predicted molar refractivity (Wildman–Crippen MR) is 163 cm³/mol. The van der Waals surface area contributed by atoms with Crippen molar-refractivity contribution >= 4 is 76.3 Å². The van der Waals surface area contributed by atoms with Crippen molar-refractivity contribution < 1.29 is 0 Å². The van der Waals surface area contributed by atoms with E-state index >= 15 is 0 Å². The summed E-state index contributed by atoms with van der Waals surface area (Å²) < 4.78 is 0.